The smallest absolute Gasteiger partial charge is 0.241 e. The molecule has 0 spiro atoms. The zero-order chi connectivity index (χ0) is 15.8. The van der Waals surface area contributed by atoms with Crippen molar-refractivity contribution in [3.05, 3.63) is 64.1 Å². The average Bonchev–Trinajstić information content (AvgIpc) is 2.84. The number of hydrogen-bond acceptors (Lipinski definition) is 3. The lowest BCUT2D eigenvalue weighted by atomic mass is 9.96. The van der Waals surface area contributed by atoms with Gasteiger partial charge in [-0.2, -0.15) is 0 Å². The second-order valence-electron chi connectivity index (χ2n) is 5.44. The van der Waals surface area contributed by atoms with Crippen LogP contribution in [0.4, 0.5) is 0 Å². The van der Waals surface area contributed by atoms with Crippen molar-refractivity contribution in [2.24, 2.45) is 0 Å². The Bertz CT molecular complexity index is 807. The number of nitrogens with one attached hydrogen (secondary N) is 1. The Morgan fingerprint density at radius 1 is 1.14 bits per heavy atom. The van der Waals surface area contributed by atoms with E-state index in [1.807, 2.05) is 24.3 Å². The molecule has 2 N–H and O–H groups in total. The second-order valence-corrected chi connectivity index (χ2v) is 8.03. The molecule has 1 aliphatic carbocycles. The molecule has 22 heavy (non-hydrogen) atoms. The summed E-state index contributed by atoms with van der Waals surface area (Å²) in [5.74, 6) is 0. The van der Waals surface area contributed by atoms with Crippen molar-refractivity contribution in [3.63, 3.8) is 0 Å². The van der Waals surface area contributed by atoms with E-state index in [4.69, 9.17) is 0 Å². The predicted molar refractivity (Wildman–Crippen MR) is 88.0 cm³/mol. The van der Waals surface area contributed by atoms with Gasteiger partial charge >= 0.3 is 0 Å². The summed E-state index contributed by atoms with van der Waals surface area (Å²) in [5.41, 5.74) is 0.736. The highest BCUT2D eigenvalue weighted by Gasteiger charge is 2.37. The highest BCUT2D eigenvalue weighted by Crippen LogP contribution is 2.36. The molecule has 0 radical (unpaired) electrons. The minimum atomic E-state index is -3.68. The summed E-state index contributed by atoms with van der Waals surface area (Å²) in [5, 5.41) is 10.8. The fourth-order valence-corrected chi connectivity index (χ4v) is 4.90. The Balaban J connectivity index is 1.83. The SMILES string of the molecule is O=S(=O)(NC[C@@]1(O)CCc2ccccc21)c1ccccc1Br. The molecule has 0 unspecified atom stereocenters. The molecule has 0 bridgehead atoms. The van der Waals surface area contributed by atoms with Crippen molar-refractivity contribution in [2.45, 2.75) is 23.3 Å². The maximum absolute atomic E-state index is 12.4. The van der Waals surface area contributed by atoms with E-state index in [2.05, 4.69) is 20.7 Å². The van der Waals surface area contributed by atoms with Crippen molar-refractivity contribution < 1.29 is 13.5 Å². The van der Waals surface area contributed by atoms with Crippen molar-refractivity contribution in [1.29, 1.82) is 0 Å². The Morgan fingerprint density at radius 3 is 2.59 bits per heavy atom. The van der Waals surface area contributed by atoms with Gasteiger partial charge in [0.1, 0.15) is 5.60 Å². The molecule has 2 aromatic rings. The number of benzene rings is 2. The van der Waals surface area contributed by atoms with Crippen LogP contribution in [0, 0.1) is 0 Å². The Kier molecular flexibility index (Phi) is 4.11. The quantitative estimate of drug-likeness (QED) is 0.854. The summed E-state index contributed by atoms with van der Waals surface area (Å²) in [6.07, 6.45) is 1.27. The van der Waals surface area contributed by atoms with E-state index in [9.17, 15) is 13.5 Å². The first-order valence-electron chi connectivity index (χ1n) is 6.97. The predicted octanol–water partition coefficient (Wildman–Crippen LogP) is 2.56. The highest BCUT2D eigenvalue weighted by atomic mass is 79.9. The van der Waals surface area contributed by atoms with Crippen LogP contribution in [0.15, 0.2) is 57.9 Å². The molecule has 1 atom stereocenters. The molecule has 0 amide bonds. The van der Waals surface area contributed by atoms with E-state index in [0.717, 1.165) is 17.5 Å². The number of fused-ring (bicyclic) bond motifs is 1. The van der Waals surface area contributed by atoms with E-state index in [-0.39, 0.29) is 11.4 Å². The number of rotatable bonds is 4. The third-order valence-corrected chi connectivity index (χ3v) is 6.42. The molecule has 0 aliphatic heterocycles. The number of hydrogen-bond donors (Lipinski definition) is 2. The molecule has 4 nitrogen and oxygen atoms in total. The van der Waals surface area contributed by atoms with Crippen LogP contribution in [0.25, 0.3) is 0 Å². The fourth-order valence-electron chi connectivity index (χ4n) is 2.81. The van der Waals surface area contributed by atoms with Gasteiger partial charge in [-0.1, -0.05) is 36.4 Å². The van der Waals surface area contributed by atoms with Gasteiger partial charge in [-0.15, -0.1) is 0 Å². The number of aryl methyl sites for hydroxylation is 1. The molecule has 0 heterocycles. The number of halogens is 1. The third kappa shape index (κ3) is 2.84. The minimum Gasteiger partial charge on any atom is -0.384 e. The highest BCUT2D eigenvalue weighted by molar-refractivity contribution is 9.10. The Hall–Kier alpha value is -1.21. The van der Waals surface area contributed by atoms with Gasteiger partial charge in [-0.3, -0.25) is 0 Å². The molecule has 1 aliphatic rings. The largest absolute Gasteiger partial charge is 0.384 e. The van der Waals surface area contributed by atoms with Crippen LogP contribution < -0.4 is 4.72 Å². The molecule has 6 heteroatoms. The van der Waals surface area contributed by atoms with E-state index in [0.29, 0.717) is 10.9 Å². The van der Waals surface area contributed by atoms with Crippen LogP contribution in [0.3, 0.4) is 0 Å². The molecule has 0 saturated carbocycles. The first-order chi connectivity index (χ1) is 10.4. The van der Waals surface area contributed by atoms with E-state index in [1.54, 1.807) is 18.2 Å². The van der Waals surface area contributed by atoms with E-state index in [1.165, 1.54) is 6.07 Å². The van der Waals surface area contributed by atoms with Gasteiger partial charge in [0.05, 0.1) is 4.90 Å². The molecular formula is C16H16BrNO3S. The van der Waals surface area contributed by atoms with Gasteiger partial charge in [-0.05, 0) is 52.0 Å². The first-order valence-corrected chi connectivity index (χ1v) is 9.25. The zero-order valence-electron chi connectivity index (χ0n) is 11.8. The van der Waals surface area contributed by atoms with Crippen LogP contribution in [-0.2, 0) is 22.0 Å². The number of sulfonamides is 1. The molecule has 3 rings (SSSR count). The van der Waals surface area contributed by atoms with Crippen molar-refractivity contribution in [1.82, 2.24) is 4.72 Å². The summed E-state index contributed by atoms with van der Waals surface area (Å²) >= 11 is 3.24. The standard InChI is InChI=1S/C16H16BrNO3S/c17-14-7-3-4-8-15(14)22(20,21)18-11-16(19)10-9-12-5-1-2-6-13(12)16/h1-8,18-19H,9-11H2/t16-/m0/s1. The van der Waals surface area contributed by atoms with Crippen molar-refractivity contribution in [2.75, 3.05) is 6.54 Å². The maximum Gasteiger partial charge on any atom is 0.241 e. The summed E-state index contributed by atoms with van der Waals surface area (Å²) < 4.78 is 27.9. The summed E-state index contributed by atoms with van der Waals surface area (Å²) in [7, 11) is -3.68. The van der Waals surface area contributed by atoms with E-state index < -0.39 is 15.6 Å². The van der Waals surface area contributed by atoms with Crippen LogP contribution >= 0.6 is 15.9 Å². The third-order valence-electron chi connectivity index (χ3n) is 4.01. The van der Waals surface area contributed by atoms with Crippen molar-refractivity contribution in [3.8, 4) is 0 Å². The summed E-state index contributed by atoms with van der Waals surface area (Å²) in [6.45, 7) is -0.0340. The monoisotopic (exact) mass is 381 g/mol. The normalized spacial score (nSPS) is 20.8. The lowest BCUT2D eigenvalue weighted by Crippen LogP contribution is -2.39. The van der Waals surface area contributed by atoms with Crippen LogP contribution in [0.1, 0.15) is 17.5 Å². The molecule has 2 aromatic carbocycles. The first kappa shape index (κ1) is 15.7. The van der Waals surface area contributed by atoms with Gasteiger partial charge < -0.3 is 5.11 Å². The topological polar surface area (TPSA) is 66.4 Å². The van der Waals surface area contributed by atoms with Crippen molar-refractivity contribution >= 4 is 26.0 Å². The molecule has 116 valence electrons. The minimum absolute atomic E-state index is 0.0340. The lowest BCUT2D eigenvalue weighted by molar-refractivity contribution is 0.0442. The lowest BCUT2D eigenvalue weighted by Gasteiger charge is -2.24. The Morgan fingerprint density at radius 2 is 1.82 bits per heavy atom. The molecule has 0 aromatic heterocycles. The van der Waals surface area contributed by atoms with E-state index >= 15 is 0 Å². The molecular weight excluding hydrogens is 366 g/mol. The van der Waals surface area contributed by atoms with Crippen LogP contribution in [0.2, 0.25) is 0 Å². The van der Waals surface area contributed by atoms with Crippen LogP contribution in [-0.4, -0.2) is 20.1 Å². The van der Waals surface area contributed by atoms with Crippen LogP contribution in [0.5, 0.6) is 0 Å². The molecule has 0 saturated heterocycles. The van der Waals surface area contributed by atoms with Gasteiger partial charge in [-0.25, -0.2) is 13.1 Å². The average molecular weight is 382 g/mol. The number of aliphatic hydroxyl groups is 1. The van der Waals surface area contributed by atoms with Gasteiger partial charge in [0.25, 0.3) is 0 Å². The zero-order valence-corrected chi connectivity index (χ0v) is 14.2. The summed E-state index contributed by atoms with van der Waals surface area (Å²) in [6, 6.07) is 14.2. The second kappa shape index (κ2) is 5.77. The van der Waals surface area contributed by atoms with Gasteiger partial charge in [0, 0.05) is 11.0 Å². The maximum atomic E-state index is 12.4. The van der Waals surface area contributed by atoms with Gasteiger partial charge in [0.2, 0.25) is 10.0 Å². The molecule has 0 fully saturated rings. The fraction of sp³-hybridized carbons (Fsp3) is 0.250. The Labute approximate surface area is 138 Å². The van der Waals surface area contributed by atoms with Gasteiger partial charge in [0.15, 0.2) is 0 Å². The summed E-state index contributed by atoms with van der Waals surface area (Å²) in [4.78, 5) is 0.171.